The van der Waals surface area contributed by atoms with E-state index in [4.69, 9.17) is 19.5 Å². The van der Waals surface area contributed by atoms with Gasteiger partial charge in [0.25, 0.3) is 0 Å². The average Bonchev–Trinajstić information content (AvgIpc) is 3.63. The van der Waals surface area contributed by atoms with Crippen molar-refractivity contribution in [3.8, 4) is 22.5 Å². The Morgan fingerprint density at radius 3 is 2.12 bits per heavy atom. The second-order valence-corrected chi connectivity index (χ2v) is 12.3. The number of carbonyl (C=O) groups is 1. The molecule has 3 aromatic carbocycles. The SMILES string of the molecule is Cc1noc(-c2ccc(-c3ccc(C4CC4)cc3)cc2)c1CN(c1cn(Cc2ccccc2)nn1)S(C)(=O)=O.O=C(O)O. The van der Waals surface area contributed by atoms with Crippen molar-refractivity contribution < 1.29 is 27.9 Å². The molecule has 2 N–H and O–H groups in total. The van der Waals surface area contributed by atoms with E-state index in [1.165, 1.54) is 22.7 Å². The molecule has 5 aromatic rings. The highest BCUT2D eigenvalue weighted by Gasteiger charge is 2.26. The van der Waals surface area contributed by atoms with Crippen LogP contribution in [0.15, 0.2) is 89.6 Å². The van der Waals surface area contributed by atoms with Crippen molar-refractivity contribution in [2.24, 2.45) is 0 Å². The second-order valence-electron chi connectivity index (χ2n) is 10.4. The Bertz CT molecular complexity index is 1790. The molecule has 0 atom stereocenters. The molecule has 6 rings (SSSR count). The molecule has 0 spiro atoms. The van der Waals surface area contributed by atoms with Crippen LogP contribution in [0.2, 0.25) is 0 Å². The standard InChI is InChI=1S/C30H29N5O3S.CH2O3/c1-21-28(19-35(39(2,36)37)29-20-34(33-31-29)18-22-6-4-3-5-7-22)30(38-32-21)27-16-14-26(15-17-27)25-12-10-24(11-13-25)23-8-9-23;2-1(3)4/h3-7,10-17,20,23H,8-9,18-19H2,1-2H3;(H2,2,3,4). The van der Waals surface area contributed by atoms with Crippen molar-refractivity contribution in [1.82, 2.24) is 20.2 Å². The first kappa shape index (κ1) is 29.5. The highest BCUT2D eigenvalue weighted by molar-refractivity contribution is 7.92. The second kappa shape index (κ2) is 12.5. The first-order chi connectivity index (χ1) is 20.6. The van der Waals surface area contributed by atoms with Crippen LogP contribution in [-0.2, 0) is 23.1 Å². The molecule has 0 saturated heterocycles. The molecule has 1 aliphatic rings. The zero-order valence-corrected chi connectivity index (χ0v) is 24.5. The lowest BCUT2D eigenvalue weighted by atomic mass is 9.99. The van der Waals surface area contributed by atoms with E-state index < -0.39 is 16.2 Å². The van der Waals surface area contributed by atoms with Crippen LogP contribution in [0.25, 0.3) is 22.5 Å². The summed E-state index contributed by atoms with van der Waals surface area (Å²) in [5, 5.41) is 26.4. The molecule has 2 heterocycles. The van der Waals surface area contributed by atoms with E-state index in [2.05, 4.69) is 39.7 Å². The van der Waals surface area contributed by atoms with Crippen LogP contribution in [-0.4, -0.2) is 51.2 Å². The number of benzene rings is 3. The van der Waals surface area contributed by atoms with Crippen molar-refractivity contribution in [2.75, 3.05) is 10.6 Å². The largest absolute Gasteiger partial charge is 0.503 e. The summed E-state index contributed by atoms with van der Waals surface area (Å²) in [6.07, 6.45) is 3.54. The van der Waals surface area contributed by atoms with Gasteiger partial charge in [0.2, 0.25) is 10.0 Å². The summed E-state index contributed by atoms with van der Waals surface area (Å²) in [5.74, 6) is 1.51. The molecule has 0 amide bonds. The van der Waals surface area contributed by atoms with Gasteiger partial charge in [-0.15, -0.1) is 5.10 Å². The molecule has 222 valence electrons. The minimum atomic E-state index is -3.67. The zero-order valence-electron chi connectivity index (χ0n) is 23.7. The normalized spacial score (nSPS) is 12.8. The van der Waals surface area contributed by atoms with Gasteiger partial charge in [-0.1, -0.05) is 89.2 Å². The van der Waals surface area contributed by atoms with Crippen LogP contribution in [0, 0.1) is 6.92 Å². The minimum absolute atomic E-state index is 0.0257. The fraction of sp³-hybridized carbons (Fsp3) is 0.226. The molecular formula is C31H31N5O6S. The van der Waals surface area contributed by atoms with Crippen molar-refractivity contribution in [1.29, 1.82) is 0 Å². The third-order valence-electron chi connectivity index (χ3n) is 7.10. The molecule has 1 aliphatic carbocycles. The molecular weight excluding hydrogens is 570 g/mol. The lowest BCUT2D eigenvalue weighted by Crippen LogP contribution is -2.30. The molecule has 0 radical (unpaired) electrons. The summed E-state index contributed by atoms with van der Waals surface area (Å²) in [6.45, 7) is 2.32. The predicted molar refractivity (Wildman–Crippen MR) is 161 cm³/mol. The van der Waals surface area contributed by atoms with Crippen LogP contribution < -0.4 is 4.31 Å². The van der Waals surface area contributed by atoms with Crippen molar-refractivity contribution in [3.63, 3.8) is 0 Å². The van der Waals surface area contributed by atoms with E-state index >= 15 is 0 Å². The Hall–Kier alpha value is -4.97. The maximum absolute atomic E-state index is 12.9. The number of sulfonamides is 1. The first-order valence-corrected chi connectivity index (χ1v) is 15.4. The summed E-state index contributed by atoms with van der Waals surface area (Å²) in [6, 6.07) is 26.6. The Morgan fingerprint density at radius 1 is 0.953 bits per heavy atom. The maximum atomic E-state index is 12.9. The van der Waals surface area contributed by atoms with Gasteiger partial charge >= 0.3 is 6.16 Å². The van der Waals surface area contributed by atoms with Crippen molar-refractivity contribution >= 4 is 22.0 Å². The summed E-state index contributed by atoms with van der Waals surface area (Å²) in [7, 11) is -3.67. The van der Waals surface area contributed by atoms with Gasteiger partial charge in [0.1, 0.15) is 0 Å². The van der Waals surface area contributed by atoms with E-state index in [9.17, 15) is 8.42 Å². The number of carboxylic acid groups (broad SMARTS) is 2. The van der Waals surface area contributed by atoms with Gasteiger partial charge in [0.15, 0.2) is 11.6 Å². The topological polar surface area (TPSA) is 152 Å². The molecule has 0 bridgehead atoms. The van der Waals surface area contributed by atoms with Crippen molar-refractivity contribution in [2.45, 2.75) is 38.8 Å². The van der Waals surface area contributed by atoms with Crippen LogP contribution in [0.5, 0.6) is 0 Å². The van der Waals surface area contributed by atoms with E-state index in [0.717, 1.165) is 34.4 Å². The van der Waals surface area contributed by atoms with E-state index in [-0.39, 0.29) is 12.4 Å². The highest BCUT2D eigenvalue weighted by Crippen LogP contribution is 2.40. The fourth-order valence-corrected chi connectivity index (χ4v) is 5.53. The highest BCUT2D eigenvalue weighted by atomic mass is 32.2. The van der Waals surface area contributed by atoms with Crippen molar-refractivity contribution in [3.05, 3.63) is 107 Å². The van der Waals surface area contributed by atoms with E-state index in [1.54, 1.807) is 10.9 Å². The number of hydrogen-bond donors (Lipinski definition) is 2. The average molecular weight is 602 g/mol. The fourth-order valence-electron chi connectivity index (χ4n) is 4.74. The molecule has 43 heavy (non-hydrogen) atoms. The van der Waals surface area contributed by atoms with Gasteiger partial charge in [0.05, 0.1) is 31.2 Å². The molecule has 0 unspecified atom stereocenters. The van der Waals surface area contributed by atoms with Gasteiger partial charge in [-0.3, -0.25) is 0 Å². The Labute approximate surface area is 249 Å². The van der Waals surface area contributed by atoms with E-state index in [1.807, 2.05) is 61.5 Å². The number of anilines is 1. The number of hydrogen-bond acceptors (Lipinski definition) is 7. The van der Waals surface area contributed by atoms with Crippen LogP contribution in [0.1, 0.15) is 41.1 Å². The summed E-state index contributed by atoms with van der Waals surface area (Å²) in [4.78, 5) is 8.56. The predicted octanol–water partition coefficient (Wildman–Crippen LogP) is 6.02. The van der Waals surface area contributed by atoms with Crippen LogP contribution in [0.4, 0.5) is 10.6 Å². The lowest BCUT2D eigenvalue weighted by Gasteiger charge is -2.19. The molecule has 12 heteroatoms. The monoisotopic (exact) mass is 601 g/mol. The molecule has 0 aliphatic heterocycles. The Balaban J connectivity index is 0.000000868. The molecule has 1 fully saturated rings. The maximum Gasteiger partial charge on any atom is 0.503 e. The zero-order chi connectivity index (χ0) is 30.6. The van der Waals surface area contributed by atoms with Gasteiger partial charge < -0.3 is 14.7 Å². The number of aryl methyl sites for hydroxylation is 1. The van der Waals surface area contributed by atoms with Gasteiger partial charge in [0, 0.05) is 11.1 Å². The number of nitrogens with zero attached hydrogens (tertiary/aromatic N) is 5. The Kier molecular flexibility index (Phi) is 8.58. The summed E-state index contributed by atoms with van der Waals surface area (Å²) < 4.78 is 34.3. The Morgan fingerprint density at radius 2 is 1.53 bits per heavy atom. The van der Waals surface area contributed by atoms with Gasteiger partial charge in [-0.2, -0.15) is 0 Å². The van der Waals surface area contributed by atoms with Crippen LogP contribution in [0.3, 0.4) is 0 Å². The van der Waals surface area contributed by atoms with Gasteiger partial charge in [-0.25, -0.2) is 22.2 Å². The molecule has 1 saturated carbocycles. The van der Waals surface area contributed by atoms with E-state index in [0.29, 0.717) is 23.6 Å². The number of aromatic nitrogens is 4. The smallest absolute Gasteiger partial charge is 0.450 e. The summed E-state index contributed by atoms with van der Waals surface area (Å²) >= 11 is 0. The molecule has 11 nitrogen and oxygen atoms in total. The quantitative estimate of drug-likeness (QED) is 0.206. The minimum Gasteiger partial charge on any atom is -0.450 e. The third kappa shape index (κ3) is 7.46. The summed E-state index contributed by atoms with van der Waals surface area (Å²) in [5.41, 5.74) is 6.83. The number of rotatable bonds is 9. The molecule has 2 aromatic heterocycles. The van der Waals surface area contributed by atoms with Crippen LogP contribution >= 0.6 is 0 Å². The third-order valence-corrected chi connectivity index (χ3v) is 8.21. The van der Waals surface area contributed by atoms with Gasteiger partial charge in [-0.05, 0) is 47.9 Å². The lowest BCUT2D eigenvalue weighted by molar-refractivity contribution is 0.137. The first-order valence-electron chi connectivity index (χ1n) is 13.6.